The van der Waals surface area contributed by atoms with E-state index in [9.17, 15) is 9.59 Å². The molecule has 2 heteroatoms. The van der Waals surface area contributed by atoms with Gasteiger partial charge in [-0.1, -0.05) is 0 Å². The maximum absolute atomic E-state index is 12.0. The maximum atomic E-state index is 12.0. The molecular formula is C12H12O2. The third kappa shape index (κ3) is 0.396. The predicted molar refractivity (Wildman–Crippen MR) is 47.2 cm³/mol. The predicted octanol–water partition coefficient (Wildman–Crippen LogP) is 0.902. The van der Waals surface area contributed by atoms with E-state index < -0.39 is 0 Å². The molecule has 5 saturated carbocycles. The molecule has 5 rings (SSSR count). The van der Waals surface area contributed by atoms with E-state index in [1.54, 1.807) is 0 Å². The molecule has 5 aliphatic carbocycles. The van der Waals surface area contributed by atoms with Gasteiger partial charge in [0.25, 0.3) is 0 Å². The molecule has 0 radical (unpaired) electrons. The van der Waals surface area contributed by atoms with Gasteiger partial charge >= 0.3 is 0 Å². The van der Waals surface area contributed by atoms with Crippen molar-refractivity contribution in [2.45, 2.75) is 12.8 Å². The van der Waals surface area contributed by atoms with Gasteiger partial charge in [-0.05, 0) is 36.5 Å². The Labute approximate surface area is 82.0 Å². The molecule has 0 amide bonds. The fourth-order valence-corrected chi connectivity index (χ4v) is 5.98. The van der Waals surface area contributed by atoms with Gasteiger partial charge in [-0.15, -0.1) is 0 Å². The lowest BCUT2D eigenvalue weighted by Crippen LogP contribution is -2.41. The summed E-state index contributed by atoms with van der Waals surface area (Å²) >= 11 is 0. The Balaban J connectivity index is 1.83. The van der Waals surface area contributed by atoms with E-state index in [4.69, 9.17) is 0 Å². The molecule has 0 spiro atoms. The molecule has 5 fully saturated rings. The van der Waals surface area contributed by atoms with Crippen molar-refractivity contribution < 1.29 is 9.59 Å². The molecule has 72 valence electrons. The lowest BCUT2D eigenvalue weighted by molar-refractivity contribution is -0.128. The Morgan fingerprint density at radius 1 is 0.643 bits per heavy atom. The Hall–Kier alpha value is -0.660. The summed E-state index contributed by atoms with van der Waals surface area (Å²) in [5.74, 6) is 5.04. The number of carbonyl (C=O) groups excluding carboxylic acids is 2. The number of hydrogen-bond donors (Lipinski definition) is 0. The van der Waals surface area contributed by atoms with Crippen molar-refractivity contribution >= 4 is 11.6 Å². The van der Waals surface area contributed by atoms with Gasteiger partial charge in [0.1, 0.15) is 11.6 Å². The standard InChI is InChI=1S/C12H12O2/c13-11-3-1-4-8-7(3)9-5(11)2-6(10(8)9)12(4)14/h3-10H,1-2H2/t3-,4-,5-,6+,7?,8?,9?,10?/m0/s1. The SMILES string of the molecule is O=C1[C@H]2C[C@@H]3C(=O)[C@@H]4C[C@H]1C1C2C3C14. The first-order valence-corrected chi connectivity index (χ1v) is 5.86. The van der Waals surface area contributed by atoms with Crippen LogP contribution < -0.4 is 0 Å². The molecule has 0 N–H and O–H groups in total. The van der Waals surface area contributed by atoms with Crippen molar-refractivity contribution in [1.29, 1.82) is 0 Å². The largest absolute Gasteiger partial charge is 0.299 e. The summed E-state index contributed by atoms with van der Waals surface area (Å²) in [5, 5.41) is 0. The van der Waals surface area contributed by atoms with Crippen molar-refractivity contribution in [3.05, 3.63) is 0 Å². The van der Waals surface area contributed by atoms with Crippen LogP contribution in [0.1, 0.15) is 12.8 Å². The van der Waals surface area contributed by atoms with Crippen LogP contribution in [0, 0.1) is 47.3 Å². The highest BCUT2D eigenvalue weighted by atomic mass is 16.1. The summed E-state index contributed by atoms with van der Waals surface area (Å²) in [6, 6.07) is 0. The number of carbonyl (C=O) groups is 2. The van der Waals surface area contributed by atoms with Crippen molar-refractivity contribution in [2.24, 2.45) is 47.3 Å². The minimum atomic E-state index is 0.321. The zero-order chi connectivity index (χ0) is 9.19. The van der Waals surface area contributed by atoms with Gasteiger partial charge in [-0.2, -0.15) is 0 Å². The molecule has 0 saturated heterocycles. The van der Waals surface area contributed by atoms with Gasteiger partial charge in [-0.3, -0.25) is 9.59 Å². The summed E-state index contributed by atoms with van der Waals surface area (Å²) in [5.41, 5.74) is 0. The normalized spacial score (nSPS) is 70.6. The van der Waals surface area contributed by atoms with E-state index in [1.165, 1.54) is 0 Å². The van der Waals surface area contributed by atoms with E-state index in [0.717, 1.165) is 12.8 Å². The van der Waals surface area contributed by atoms with Crippen LogP contribution in [-0.4, -0.2) is 11.6 Å². The minimum Gasteiger partial charge on any atom is -0.299 e. The molecule has 0 aromatic rings. The molecule has 14 heavy (non-hydrogen) atoms. The van der Waals surface area contributed by atoms with Crippen LogP contribution in [0.25, 0.3) is 0 Å². The summed E-state index contributed by atoms with van der Waals surface area (Å²) in [6.45, 7) is 0. The summed E-state index contributed by atoms with van der Waals surface area (Å²) in [7, 11) is 0. The maximum Gasteiger partial charge on any atom is 0.139 e. The van der Waals surface area contributed by atoms with E-state index in [2.05, 4.69) is 0 Å². The number of rotatable bonds is 0. The highest BCUT2D eigenvalue weighted by Crippen LogP contribution is 2.77. The lowest BCUT2D eigenvalue weighted by Gasteiger charge is -2.43. The highest BCUT2D eigenvalue weighted by Gasteiger charge is 2.79. The van der Waals surface area contributed by atoms with E-state index in [1.807, 2.05) is 0 Å². The second-order valence-electron chi connectivity index (χ2n) is 6.01. The zero-order valence-corrected chi connectivity index (χ0v) is 7.85. The smallest absolute Gasteiger partial charge is 0.139 e. The molecule has 0 aliphatic heterocycles. The Morgan fingerprint density at radius 3 is 1.21 bits per heavy atom. The molecule has 4 unspecified atom stereocenters. The number of hydrogen-bond acceptors (Lipinski definition) is 2. The second-order valence-corrected chi connectivity index (χ2v) is 6.01. The summed E-state index contributed by atoms with van der Waals surface area (Å²) < 4.78 is 0. The van der Waals surface area contributed by atoms with Crippen molar-refractivity contribution in [1.82, 2.24) is 0 Å². The topological polar surface area (TPSA) is 34.1 Å². The van der Waals surface area contributed by atoms with Gasteiger partial charge in [0.2, 0.25) is 0 Å². The molecule has 0 heterocycles. The Morgan fingerprint density at radius 2 is 0.929 bits per heavy atom. The Bertz CT molecular complexity index is 321. The van der Waals surface area contributed by atoms with E-state index in [0.29, 0.717) is 58.9 Å². The van der Waals surface area contributed by atoms with Crippen LogP contribution >= 0.6 is 0 Å². The second kappa shape index (κ2) is 1.62. The first-order valence-electron chi connectivity index (χ1n) is 5.86. The molecule has 2 nitrogen and oxygen atoms in total. The molecule has 0 aromatic carbocycles. The Kier molecular flexibility index (Phi) is 0.780. The molecule has 8 atom stereocenters. The van der Waals surface area contributed by atoms with Gasteiger partial charge in [0.05, 0.1) is 0 Å². The first-order chi connectivity index (χ1) is 6.79. The average Bonchev–Trinajstić information content (AvgIpc) is 2.71. The van der Waals surface area contributed by atoms with Gasteiger partial charge < -0.3 is 0 Å². The first kappa shape index (κ1) is 6.76. The number of Topliss-reactive ketones (excluding diaryl/α,β-unsaturated/α-hetero) is 2. The summed E-state index contributed by atoms with van der Waals surface area (Å²) in [6.07, 6.45) is 1.87. The summed E-state index contributed by atoms with van der Waals surface area (Å²) in [4.78, 5) is 24.1. The van der Waals surface area contributed by atoms with Crippen LogP contribution in [0.2, 0.25) is 0 Å². The third-order valence-electron chi connectivity index (χ3n) is 6.11. The quantitative estimate of drug-likeness (QED) is 0.566. The molecule has 0 aromatic heterocycles. The highest BCUT2D eigenvalue weighted by molar-refractivity contribution is 5.97. The van der Waals surface area contributed by atoms with Crippen molar-refractivity contribution in [2.75, 3.05) is 0 Å². The number of ketones is 2. The van der Waals surface area contributed by atoms with Gasteiger partial charge in [-0.25, -0.2) is 0 Å². The van der Waals surface area contributed by atoms with E-state index >= 15 is 0 Å². The third-order valence-corrected chi connectivity index (χ3v) is 6.11. The van der Waals surface area contributed by atoms with Gasteiger partial charge in [0, 0.05) is 23.7 Å². The van der Waals surface area contributed by atoms with E-state index in [-0.39, 0.29) is 0 Å². The van der Waals surface area contributed by atoms with Gasteiger partial charge in [0.15, 0.2) is 0 Å². The fraction of sp³-hybridized carbons (Fsp3) is 0.833. The van der Waals surface area contributed by atoms with Crippen LogP contribution in [0.5, 0.6) is 0 Å². The van der Waals surface area contributed by atoms with Crippen LogP contribution in [-0.2, 0) is 9.59 Å². The van der Waals surface area contributed by atoms with Crippen molar-refractivity contribution in [3.63, 3.8) is 0 Å². The fourth-order valence-electron chi connectivity index (χ4n) is 5.98. The lowest BCUT2D eigenvalue weighted by atomic mass is 9.60. The zero-order valence-electron chi connectivity index (χ0n) is 7.85. The monoisotopic (exact) mass is 188 g/mol. The molecule has 5 aliphatic rings. The van der Waals surface area contributed by atoms with Crippen LogP contribution in [0.4, 0.5) is 0 Å². The van der Waals surface area contributed by atoms with Crippen LogP contribution in [0.15, 0.2) is 0 Å². The van der Waals surface area contributed by atoms with Crippen LogP contribution in [0.3, 0.4) is 0 Å². The average molecular weight is 188 g/mol. The molecular weight excluding hydrogens is 176 g/mol. The minimum absolute atomic E-state index is 0.321. The molecule has 0 bridgehead atoms. The van der Waals surface area contributed by atoms with Crippen molar-refractivity contribution in [3.8, 4) is 0 Å².